The molecule has 0 spiro atoms. The van der Waals surface area contributed by atoms with Crippen molar-refractivity contribution in [2.45, 2.75) is 46.1 Å². The van der Waals surface area contributed by atoms with E-state index in [2.05, 4.69) is 36.0 Å². The summed E-state index contributed by atoms with van der Waals surface area (Å²) in [5, 5.41) is 4.49. The van der Waals surface area contributed by atoms with Crippen molar-refractivity contribution in [1.82, 2.24) is 4.98 Å². The van der Waals surface area contributed by atoms with E-state index in [1.54, 1.807) is 6.07 Å². The molecule has 0 aliphatic carbocycles. The van der Waals surface area contributed by atoms with Crippen molar-refractivity contribution in [3.05, 3.63) is 16.1 Å². The summed E-state index contributed by atoms with van der Waals surface area (Å²) in [6, 6.07) is 2.26. The lowest BCUT2D eigenvalue weighted by atomic mass is 9.93. The number of anilines is 2. The first kappa shape index (κ1) is 15.7. The van der Waals surface area contributed by atoms with Crippen LogP contribution in [0.4, 0.5) is 11.6 Å². The number of aromatic nitrogens is 1. The molecule has 1 N–H and O–H groups in total. The van der Waals surface area contributed by atoms with E-state index in [9.17, 15) is 0 Å². The Morgan fingerprint density at radius 2 is 2.10 bits per heavy atom. The van der Waals surface area contributed by atoms with Crippen LogP contribution in [0.2, 0.25) is 10.0 Å². The molecule has 0 radical (unpaired) electrons. The van der Waals surface area contributed by atoms with Crippen LogP contribution in [0, 0.1) is 5.92 Å². The molecule has 5 heteroatoms. The second kappa shape index (κ2) is 6.86. The number of nitrogens with one attached hydrogen (secondary N) is 1. The molecule has 1 fully saturated rings. The Hall–Kier alpha value is -0.670. The normalized spacial score (nSPS) is 22.9. The smallest absolute Gasteiger partial charge is 0.150 e. The van der Waals surface area contributed by atoms with Crippen LogP contribution in [0.15, 0.2) is 6.07 Å². The van der Waals surface area contributed by atoms with Gasteiger partial charge < -0.3 is 10.2 Å². The molecule has 112 valence electrons. The number of rotatable bonds is 4. The fraction of sp³-hybridized carbons (Fsp3) is 0.667. The first-order valence-electron chi connectivity index (χ1n) is 7.39. The van der Waals surface area contributed by atoms with Crippen molar-refractivity contribution in [3.8, 4) is 0 Å². The molecule has 1 aliphatic rings. The van der Waals surface area contributed by atoms with Crippen molar-refractivity contribution >= 4 is 34.8 Å². The van der Waals surface area contributed by atoms with Gasteiger partial charge in [-0.1, -0.05) is 37.0 Å². The monoisotopic (exact) mass is 315 g/mol. The minimum atomic E-state index is 0.462. The highest BCUT2D eigenvalue weighted by Gasteiger charge is 2.26. The molecule has 2 atom stereocenters. The summed E-state index contributed by atoms with van der Waals surface area (Å²) < 4.78 is 0. The molecule has 0 saturated carbocycles. The minimum Gasteiger partial charge on any atom is -0.369 e. The van der Waals surface area contributed by atoms with Crippen molar-refractivity contribution in [2.24, 2.45) is 5.92 Å². The number of halogens is 2. The second-order valence-electron chi connectivity index (χ2n) is 5.72. The topological polar surface area (TPSA) is 28.2 Å². The largest absolute Gasteiger partial charge is 0.369 e. The average Bonchev–Trinajstić information content (AvgIpc) is 2.39. The predicted octanol–water partition coefficient (Wildman–Crippen LogP) is 4.84. The van der Waals surface area contributed by atoms with Gasteiger partial charge in [-0.2, -0.15) is 0 Å². The van der Waals surface area contributed by atoms with Gasteiger partial charge in [0.25, 0.3) is 0 Å². The number of pyridine rings is 1. The third-order valence-corrected chi connectivity index (χ3v) is 4.43. The van der Waals surface area contributed by atoms with Gasteiger partial charge in [-0.3, -0.25) is 0 Å². The Morgan fingerprint density at radius 1 is 1.35 bits per heavy atom. The summed E-state index contributed by atoms with van der Waals surface area (Å²) in [5.74, 6) is 2.36. The number of hydrogen-bond donors (Lipinski definition) is 1. The third-order valence-electron chi connectivity index (χ3n) is 3.86. The second-order valence-corrected chi connectivity index (χ2v) is 6.54. The fourth-order valence-corrected chi connectivity index (χ4v) is 3.28. The predicted molar refractivity (Wildman–Crippen MR) is 88.2 cm³/mol. The number of hydrogen-bond acceptors (Lipinski definition) is 3. The Morgan fingerprint density at radius 3 is 2.75 bits per heavy atom. The number of nitrogens with zero attached hydrogens (tertiary/aromatic N) is 2. The standard InChI is InChI=1S/C15H23Cl2N3/c1-4-6-18-14-12(16)9-13(17)15(19-14)20-7-5-10(2)8-11(20)3/h9-11H,4-8H2,1-3H3,(H,18,19). The molecule has 0 amide bonds. The van der Waals surface area contributed by atoms with Gasteiger partial charge in [0.2, 0.25) is 0 Å². The van der Waals surface area contributed by atoms with Gasteiger partial charge in [0.1, 0.15) is 11.6 Å². The maximum atomic E-state index is 6.35. The molecule has 1 aromatic heterocycles. The lowest BCUT2D eigenvalue weighted by Gasteiger charge is -2.38. The Balaban J connectivity index is 2.26. The average molecular weight is 316 g/mol. The van der Waals surface area contributed by atoms with Gasteiger partial charge in [-0.25, -0.2) is 4.98 Å². The summed E-state index contributed by atoms with van der Waals surface area (Å²) in [4.78, 5) is 6.96. The van der Waals surface area contributed by atoms with Crippen LogP contribution in [0.25, 0.3) is 0 Å². The molecule has 1 saturated heterocycles. The van der Waals surface area contributed by atoms with Gasteiger partial charge in [-0.15, -0.1) is 0 Å². The van der Waals surface area contributed by atoms with Gasteiger partial charge in [0, 0.05) is 19.1 Å². The summed E-state index contributed by atoms with van der Waals surface area (Å²) in [6.45, 7) is 8.52. The molecule has 1 aromatic rings. The van der Waals surface area contributed by atoms with Crippen LogP contribution in [0.1, 0.15) is 40.0 Å². The lowest BCUT2D eigenvalue weighted by Crippen LogP contribution is -2.41. The Labute approximate surface area is 131 Å². The van der Waals surface area contributed by atoms with Crippen LogP contribution >= 0.6 is 23.2 Å². The van der Waals surface area contributed by atoms with E-state index in [1.165, 1.54) is 12.8 Å². The maximum absolute atomic E-state index is 6.35. The number of piperidine rings is 1. The van der Waals surface area contributed by atoms with Gasteiger partial charge in [-0.05, 0) is 38.2 Å². The Kier molecular flexibility index (Phi) is 5.39. The summed E-state index contributed by atoms with van der Waals surface area (Å²) in [5.41, 5.74) is 0. The summed E-state index contributed by atoms with van der Waals surface area (Å²) >= 11 is 12.6. The van der Waals surface area contributed by atoms with E-state index in [4.69, 9.17) is 23.2 Å². The van der Waals surface area contributed by atoms with E-state index < -0.39 is 0 Å². The first-order valence-corrected chi connectivity index (χ1v) is 8.15. The van der Waals surface area contributed by atoms with Crippen molar-refractivity contribution in [2.75, 3.05) is 23.3 Å². The first-order chi connectivity index (χ1) is 9.52. The van der Waals surface area contributed by atoms with E-state index in [-0.39, 0.29) is 0 Å². The molecule has 2 unspecified atom stereocenters. The zero-order valence-corrected chi connectivity index (χ0v) is 13.9. The van der Waals surface area contributed by atoms with Crippen LogP contribution in [0.3, 0.4) is 0 Å². The highest BCUT2D eigenvalue weighted by Crippen LogP contribution is 2.35. The maximum Gasteiger partial charge on any atom is 0.150 e. The lowest BCUT2D eigenvalue weighted by molar-refractivity contribution is 0.376. The zero-order chi connectivity index (χ0) is 14.7. The SMILES string of the molecule is CCCNc1nc(N2CCC(C)CC2C)c(Cl)cc1Cl. The van der Waals surface area contributed by atoms with Crippen molar-refractivity contribution in [3.63, 3.8) is 0 Å². The zero-order valence-electron chi connectivity index (χ0n) is 12.4. The van der Waals surface area contributed by atoms with E-state index in [1.807, 2.05) is 0 Å². The van der Waals surface area contributed by atoms with Crippen molar-refractivity contribution < 1.29 is 0 Å². The van der Waals surface area contributed by atoms with Crippen molar-refractivity contribution in [1.29, 1.82) is 0 Å². The minimum absolute atomic E-state index is 0.462. The van der Waals surface area contributed by atoms with Crippen LogP contribution in [-0.2, 0) is 0 Å². The molecule has 2 rings (SSSR count). The molecular formula is C15H23Cl2N3. The van der Waals surface area contributed by atoms with Crippen LogP contribution in [-0.4, -0.2) is 24.1 Å². The van der Waals surface area contributed by atoms with Crippen LogP contribution in [0.5, 0.6) is 0 Å². The van der Waals surface area contributed by atoms with E-state index in [0.29, 0.717) is 16.1 Å². The molecule has 3 nitrogen and oxygen atoms in total. The summed E-state index contributed by atoms with van der Waals surface area (Å²) in [6.07, 6.45) is 3.40. The van der Waals surface area contributed by atoms with E-state index >= 15 is 0 Å². The van der Waals surface area contributed by atoms with Gasteiger partial charge in [0.05, 0.1) is 10.0 Å². The highest BCUT2D eigenvalue weighted by molar-refractivity contribution is 6.37. The molecule has 2 heterocycles. The highest BCUT2D eigenvalue weighted by atomic mass is 35.5. The third kappa shape index (κ3) is 3.50. The molecule has 0 aromatic carbocycles. The summed E-state index contributed by atoms with van der Waals surface area (Å²) in [7, 11) is 0. The van der Waals surface area contributed by atoms with Gasteiger partial charge >= 0.3 is 0 Å². The fourth-order valence-electron chi connectivity index (χ4n) is 2.75. The molecule has 0 bridgehead atoms. The Bertz CT molecular complexity index is 465. The van der Waals surface area contributed by atoms with Gasteiger partial charge in [0.15, 0.2) is 0 Å². The molecular weight excluding hydrogens is 293 g/mol. The van der Waals surface area contributed by atoms with Crippen LogP contribution < -0.4 is 10.2 Å². The quantitative estimate of drug-likeness (QED) is 0.862. The molecule has 1 aliphatic heterocycles. The van der Waals surface area contributed by atoms with E-state index in [0.717, 1.165) is 37.1 Å². The molecule has 20 heavy (non-hydrogen) atoms.